The third-order valence-electron chi connectivity index (χ3n) is 10.9. The van der Waals surface area contributed by atoms with Crippen molar-refractivity contribution >= 4 is 40.9 Å². The highest BCUT2D eigenvalue weighted by Gasteiger charge is 2.50. The molecule has 322 valence electrons. The Kier molecular flexibility index (Phi) is 13.7. The van der Waals surface area contributed by atoms with E-state index in [1.165, 1.54) is 73.6 Å². The predicted molar refractivity (Wildman–Crippen MR) is 209 cm³/mol. The zero-order chi connectivity index (χ0) is 44.6. The van der Waals surface area contributed by atoms with Crippen LogP contribution < -0.4 is 10.1 Å². The lowest BCUT2D eigenvalue weighted by atomic mass is 9.74. The van der Waals surface area contributed by atoms with Crippen LogP contribution in [-0.4, -0.2) is 110 Å². The summed E-state index contributed by atoms with van der Waals surface area (Å²) < 4.78 is 27.9. The highest BCUT2D eigenvalue weighted by Crippen LogP contribution is 2.53. The number of amides is 1. The number of esters is 3. The lowest BCUT2D eigenvalue weighted by Crippen LogP contribution is -2.55. The number of fused-ring (bicyclic) bond motifs is 14. The Hall–Kier alpha value is -5.33. The van der Waals surface area contributed by atoms with E-state index in [2.05, 4.69) is 5.32 Å². The summed E-state index contributed by atoms with van der Waals surface area (Å²) in [5, 5.41) is 72.5. The van der Waals surface area contributed by atoms with Crippen molar-refractivity contribution in [2.75, 3.05) is 19.2 Å². The van der Waals surface area contributed by atoms with Gasteiger partial charge in [0.2, 0.25) is 6.79 Å². The van der Waals surface area contributed by atoms with Crippen LogP contribution in [-0.2, 0) is 38.1 Å². The molecule has 3 aliphatic heterocycles. The largest absolute Gasteiger partial charge is 0.505 e. The van der Waals surface area contributed by atoms with Crippen LogP contribution in [0.3, 0.4) is 0 Å². The molecule has 7 N–H and O–H groups in total. The molecular weight excluding hydrogens is 774 g/mol. The molecule has 1 aromatic carbocycles. The van der Waals surface area contributed by atoms with Crippen LogP contribution in [0.25, 0.3) is 5.57 Å². The van der Waals surface area contributed by atoms with Crippen molar-refractivity contribution in [3.05, 3.63) is 69.2 Å². The number of allylic oxidation sites excluding steroid dienone is 5. The summed E-state index contributed by atoms with van der Waals surface area (Å²) in [6.07, 6.45) is -2.49. The number of aliphatic hydroxyl groups excluding tert-OH is 3. The summed E-state index contributed by atoms with van der Waals surface area (Å²) in [5.41, 5.74) is -5.03. The van der Waals surface area contributed by atoms with Crippen LogP contribution >= 0.6 is 0 Å². The van der Waals surface area contributed by atoms with E-state index in [1.807, 2.05) is 0 Å². The number of anilines is 1. The van der Waals surface area contributed by atoms with E-state index in [1.54, 1.807) is 0 Å². The molecule has 4 bridgehead atoms. The molecule has 9 atom stereocenters. The van der Waals surface area contributed by atoms with Crippen LogP contribution in [0.4, 0.5) is 5.69 Å². The molecule has 0 radical (unpaired) electrons. The van der Waals surface area contributed by atoms with Crippen molar-refractivity contribution in [3.63, 3.8) is 0 Å². The molecule has 0 aromatic heterocycles. The fraction of sp³-hybridized carbons (Fsp3) is 0.500. The van der Waals surface area contributed by atoms with Gasteiger partial charge in [-0.05, 0) is 53.2 Å². The number of rotatable bonds is 3. The van der Waals surface area contributed by atoms with Crippen molar-refractivity contribution in [1.29, 1.82) is 0 Å². The summed E-state index contributed by atoms with van der Waals surface area (Å²) in [6.45, 7) is 12.5. The number of hydrogen-bond donors (Lipinski definition) is 7. The van der Waals surface area contributed by atoms with Gasteiger partial charge in [0.1, 0.15) is 40.5 Å². The number of aliphatic hydroxyl groups is 5. The minimum absolute atomic E-state index is 0.00133. The maximum atomic E-state index is 14.0. The first-order chi connectivity index (χ1) is 27.3. The Balaban J connectivity index is 2.12. The smallest absolute Gasteiger partial charge is 0.315 e. The van der Waals surface area contributed by atoms with Gasteiger partial charge < -0.3 is 59.6 Å². The number of ether oxygens (including phenoxy) is 5. The van der Waals surface area contributed by atoms with Gasteiger partial charge in [0, 0.05) is 48.0 Å². The van der Waals surface area contributed by atoms with Crippen LogP contribution in [0, 0.1) is 24.7 Å². The number of nitrogens with one attached hydrogen (secondary N) is 1. The fourth-order valence-corrected chi connectivity index (χ4v) is 7.66. The quantitative estimate of drug-likeness (QED) is 0.131. The SMILES string of the molecule is COC(=O)[C@@H]1[C@H](O)[C@H](C)[C@H](O)[C@@](C)(O)/C=C\C=C(/C)C(=O)Nc2c(C)c(OC(C)=O)c3c(c2O)C(=O)C(C)=C2OCOC(=C23)/C(C)=C\[C@@](C)(O)[C@H](O)[C@@H](C)[C@H]1OC(C)=O. The molecule has 0 saturated carbocycles. The minimum atomic E-state index is -2.26. The lowest BCUT2D eigenvalue weighted by molar-refractivity contribution is -0.183. The highest BCUT2D eigenvalue weighted by atomic mass is 16.7. The summed E-state index contributed by atoms with van der Waals surface area (Å²) >= 11 is 0. The number of ketones is 1. The Morgan fingerprint density at radius 2 is 1.46 bits per heavy atom. The minimum Gasteiger partial charge on any atom is -0.505 e. The topological polar surface area (TPSA) is 265 Å². The third kappa shape index (κ3) is 8.99. The van der Waals surface area contributed by atoms with E-state index in [0.29, 0.717) is 0 Å². The number of carbonyl (C=O) groups is 5. The molecule has 0 fully saturated rings. The molecule has 1 amide bonds. The summed E-state index contributed by atoms with van der Waals surface area (Å²) in [7, 11) is 1.01. The van der Waals surface area contributed by atoms with Gasteiger partial charge >= 0.3 is 17.9 Å². The molecule has 5 rings (SSSR count). The van der Waals surface area contributed by atoms with Crippen molar-refractivity contribution < 1.29 is 78.3 Å². The summed E-state index contributed by atoms with van der Waals surface area (Å²) in [4.78, 5) is 66.1. The number of benzene rings is 1. The summed E-state index contributed by atoms with van der Waals surface area (Å²) in [6, 6.07) is 0. The van der Waals surface area contributed by atoms with Crippen LogP contribution in [0.2, 0.25) is 0 Å². The van der Waals surface area contributed by atoms with Crippen LogP contribution in [0.15, 0.2) is 52.5 Å². The first kappa shape index (κ1) is 46.4. The molecule has 4 aliphatic rings. The van der Waals surface area contributed by atoms with Crippen molar-refractivity contribution in [3.8, 4) is 11.5 Å². The van der Waals surface area contributed by atoms with Gasteiger partial charge in [-0.3, -0.25) is 24.0 Å². The van der Waals surface area contributed by atoms with E-state index in [-0.39, 0.29) is 61.9 Å². The molecule has 1 aliphatic carbocycles. The number of aromatic hydroxyl groups is 1. The second kappa shape index (κ2) is 17.5. The van der Waals surface area contributed by atoms with E-state index in [4.69, 9.17) is 23.7 Å². The highest BCUT2D eigenvalue weighted by molar-refractivity contribution is 6.21. The summed E-state index contributed by atoms with van der Waals surface area (Å²) in [5.74, 6) is -9.89. The molecule has 0 saturated heterocycles. The van der Waals surface area contributed by atoms with E-state index in [0.717, 1.165) is 27.0 Å². The maximum absolute atomic E-state index is 14.0. The number of Topliss-reactive ketones (excluding diaryl/α,β-unsaturated/α-hetero) is 1. The van der Waals surface area contributed by atoms with Crippen molar-refractivity contribution in [2.24, 2.45) is 17.8 Å². The maximum Gasteiger partial charge on any atom is 0.315 e. The van der Waals surface area contributed by atoms with Gasteiger partial charge in [0.25, 0.3) is 5.91 Å². The zero-order valence-corrected chi connectivity index (χ0v) is 34.8. The van der Waals surface area contributed by atoms with Gasteiger partial charge in [-0.2, -0.15) is 0 Å². The van der Waals surface area contributed by atoms with Crippen molar-refractivity contribution in [2.45, 2.75) is 105 Å². The Bertz CT molecular complexity index is 2090. The molecule has 0 spiro atoms. The monoisotopic (exact) mass is 827 g/mol. The lowest BCUT2D eigenvalue weighted by Gasteiger charge is -2.41. The second-order valence-corrected chi connectivity index (χ2v) is 15.6. The van der Waals surface area contributed by atoms with E-state index in [9.17, 15) is 54.6 Å². The molecule has 3 heterocycles. The Morgan fingerprint density at radius 3 is 2.03 bits per heavy atom. The number of methoxy groups -OCH3 is 1. The van der Waals surface area contributed by atoms with E-state index < -0.39 is 95.5 Å². The van der Waals surface area contributed by atoms with Crippen LogP contribution in [0.1, 0.15) is 83.8 Å². The normalized spacial score (nSPS) is 33.0. The predicted octanol–water partition coefficient (Wildman–Crippen LogP) is 2.79. The van der Waals surface area contributed by atoms with Gasteiger partial charge in [0.05, 0.1) is 42.2 Å². The number of carbonyl (C=O) groups excluding carboxylic acids is 5. The van der Waals surface area contributed by atoms with Crippen molar-refractivity contribution in [1.82, 2.24) is 0 Å². The zero-order valence-electron chi connectivity index (χ0n) is 34.8. The average molecular weight is 828 g/mol. The third-order valence-corrected chi connectivity index (χ3v) is 10.9. The molecule has 1 aromatic rings. The average Bonchev–Trinajstić information content (AvgIpc) is 3.16. The van der Waals surface area contributed by atoms with Gasteiger partial charge in [0.15, 0.2) is 11.5 Å². The molecule has 17 nitrogen and oxygen atoms in total. The molecule has 17 heteroatoms. The van der Waals surface area contributed by atoms with Gasteiger partial charge in [-0.15, -0.1) is 0 Å². The van der Waals surface area contributed by atoms with E-state index >= 15 is 0 Å². The Labute approximate surface area is 341 Å². The second-order valence-electron chi connectivity index (χ2n) is 15.6. The van der Waals surface area contributed by atoms with Crippen LogP contribution in [0.5, 0.6) is 11.5 Å². The number of hydrogen-bond acceptors (Lipinski definition) is 16. The van der Waals surface area contributed by atoms with Gasteiger partial charge in [-0.1, -0.05) is 32.1 Å². The molecule has 59 heavy (non-hydrogen) atoms. The first-order valence-corrected chi connectivity index (χ1v) is 18.8. The standard InChI is InChI=1S/C42H53NO16/c1-17-13-12-14-41(9,53)37(49)21(5)31(47)28(40(52)55-11)36(59-24(8)45)22(6)38(50)42(10,54)15-18(2)33-27-25-26(30(46)20(4)34(27)57-16-56-33)32(48)29(43-39(17)51)19(3)35(25)58-23(7)44/h12-15,21-22,28,31,36-38,47-50,53-54H,16H2,1-11H3,(H,43,51)/b14-12-,17-13+,18-15-/t21-,22-,28+,31+,36+,37-,38+,41-,42+/m0/s1. The first-order valence-electron chi connectivity index (χ1n) is 18.8. The molecule has 0 unspecified atom stereocenters. The fourth-order valence-electron chi connectivity index (χ4n) is 7.66. The van der Waals surface area contributed by atoms with Gasteiger partial charge in [-0.25, -0.2) is 0 Å². The number of phenols is 1. The Morgan fingerprint density at radius 1 is 0.864 bits per heavy atom. The molecular formula is C42H53NO16. The number of phenolic OH excluding ortho intramolecular Hbond substituents is 1.